The first-order chi connectivity index (χ1) is 12.6. The van der Waals surface area contributed by atoms with E-state index < -0.39 is 29.5 Å². The Morgan fingerprint density at radius 3 is 2.00 bits per heavy atom. The molecule has 1 aliphatic heterocycles. The fraction of sp³-hybridized carbons (Fsp3) is 0.579. The van der Waals surface area contributed by atoms with Gasteiger partial charge in [-0.2, -0.15) is 26.3 Å². The van der Waals surface area contributed by atoms with Crippen molar-refractivity contribution < 1.29 is 26.3 Å². The molecular weight excluding hydrogens is 370 g/mol. The number of rotatable bonds is 7. The van der Waals surface area contributed by atoms with Crippen LogP contribution < -0.4 is 5.32 Å². The Morgan fingerprint density at radius 2 is 1.52 bits per heavy atom. The quantitative estimate of drug-likeness (QED) is 0.378. The Bertz CT molecular complexity index is 585. The van der Waals surface area contributed by atoms with Crippen molar-refractivity contribution in [2.75, 3.05) is 26.2 Å². The summed E-state index contributed by atoms with van der Waals surface area (Å²) < 4.78 is 79.2. The predicted octanol–water partition coefficient (Wildman–Crippen LogP) is 5.42. The van der Waals surface area contributed by atoms with E-state index in [-0.39, 0.29) is 11.6 Å². The van der Waals surface area contributed by atoms with Crippen molar-refractivity contribution in [2.24, 2.45) is 0 Å². The lowest BCUT2D eigenvalue weighted by molar-refractivity contribution is -0.143. The van der Waals surface area contributed by atoms with Gasteiger partial charge in [0.15, 0.2) is 0 Å². The van der Waals surface area contributed by atoms with Gasteiger partial charge in [0, 0.05) is 32.2 Å². The highest BCUT2D eigenvalue weighted by Gasteiger charge is 2.38. The topological polar surface area (TPSA) is 15.3 Å². The minimum Gasteiger partial charge on any atom is -0.314 e. The van der Waals surface area contributed by atoms with Crippen molar-refractivity contribution in [2.45, 2.75) is 44.1 Å². The van der Waals surface area contributed by atoms with Gasteiger partial charge in [-0.15, -0.1) is 6.58 Å². The minimum atomic E-state index is -4.83. The maximum absolute atomic E-state index is 13.2. The summed E-state index contributed by atoms with van der Waals surface area (Å²) in [6, 6.07) is 1.46. The Kier molecular flexibility index (Phi) is 7.33. The number of unbranched alkanes of at least 4 members (excludes halogenated alkanes) is 2. The van der Waals surface area contributed by atoms with E-state index in [2.05, 4.69) is 11.9 Å². The third kappa shape index (κ3) is 6.24. The van der Waals surface area contributed by atoms with Crippen LogP contribution in [0.5, 0.6) is 0 Å². The number of benzene rings is 1. The molecule has 1 atom stereocenters. The molecule has 0 spiro atoms. The van der Waals surface area contributed by atoms with E-state index >= 15 is 0 Å². The second-order valence-electron chi connectivity index (χ2n) is 6.71. The molecule has 1 N–H and O–H groups in total. The van der Waals surface area contributed by atoms with Crippen molar-refractivity contribution in [3.05, 3.63) is 47.5 Å². The number of hydrogen-bond acceptors (Lipinski definition) is 2. The van der Waals surface area contributed by atoms with Crippen molar-refractivity contribution in [3.63, 3.8) is 0 Å². The lowest BCUT2D eigenvalue weighted by atomic mass is 9.94. The number of allylic oxidation sites excluding steroid dienone is 1. The number of nitrogens with one attached hydrogen (secondary N) is 1. The molecule has 0 saturated carbocycles. The first-order valence-electron chi connectivity index (χ1n) is 8.98. The molecule has 0 bridgehead atoms. The van der Waals surface area contributed by atoms with Gasteiger partial charge in [0.1, 0.15) is 0 Å². The van der Waals surface area contributed by atoms with Crippen LogP contribution in [-0.4, -0.2) is 31.1 Å². The average molecular weight is 394 g/mol. The lowest BCUT2D eigenvalue weighted by Gasteiger charge is -2.36. The third-order valence-corrected chi connectivity index (χ3v) is 4.72. The highest BCUT2D eigenvalue weighted by molar-refractivity contribution is 5.35. The SMILES string of the molecule is C=CCCCC[C@@H](c1cc(C(F)(F)F)cc(C(F)(F)F)c1)N1CCNCC1. The molecule has 27 heavy (non-hydrogen) atoms. The van der Waals surface area contributed by atoms with Gasteiger partial charge in [-0.05, 0) is 43.0 Å². The molecule has 8 heteroatoms. The second kappa shape index (κ2) is 9.10. The molecule has 0 unspecified atom stereocenters. The Balaban J connectivity index is 2.40. The summed E-state index contributed by atoms with van der Waals surface area (Å²) in [6.07, 6.45) is -5.11. The molecule has 152 valence electrons. The summed E-state index contributed by atoms with van der Waals surface area (Å²) in [4.78, 5) is 1.97. The van der Waals surface area contributed by atoms with Gasteiger partial charge in [0.2, 0.25) is 0 Å². The average Bonchev–Trinajstić information content (AvgIpc) is 2.60. The first-order valence-corrected chi connectivity index (χ1v) is 8.98. The zero-order valence-electron chi connectivity index (χ0n) is 15.0. The van der Waals surface area contributed by atoms with Gasteiger partial charge in [0.25, 0.3) is 0 Å². The van der Waals surface area contributed by atoms with Crippen LogP contribution in [0, 0.1) is 0 Å². The second-order valence-corrected chi connectivity index (χ2v) is 6.71. The lowest BCUT2D eigenvalue weighted by Crippen LogP contribution is -2.45. The summed E-state index contributed by atoms with van der Waals surface area (Å²) in [7, 11) is 0. The van der Waals surface area contributed by atoms with Gasteiger partial charge in [-0.25, -0.2) is 0 Å². The van der Waals surface area contributed by atoms with E-state index in [0.29, 0.717) is 39.0 Å². The van der Waals surface area contributed by atoms with Gasteiger partial charge in [0.05, 0.1) is 11.1 Å². The van der Waals surface area contributed by atoms with Gasteiger partial charge < -0.3 is 5.32 Å². The molecule has 1 heterocycles. The molecule has 0 aromatic heterocycles. The van der Waals surface area contributed by atoms with Crippen LogP contribution in [0.3, 0.4) is 0 Å². The molecule has 2 nitrogen and oxygen atoms in total. The van der Waals surface area contributed by atoms with Crippen molar-refractivity contribution in [3.8, 4) is 0 Å². The maximum atomic E-state index is 13.2. The summed E-state index contributed by atoms with van der Waals surface area (Å²) in [6.45, 7) is 6.13. The van der Waals surface area contributed by atoms with Gasteiger partial charge >= 0.3 is 12.4 Å². The van der Waals surface area contributed by atoms with E-state index in [1.165, 1.54) is 0 Å². The zero-order valence-corrected chi connectivity index (χ0v) is 15.0. The molecule has 1 aromatic rings. The van der Waals surface area contributed by atoms with Crippen molar-refractivity contribution in [1.29, 1.82) is 0 Å². The van der Waals surface area contributed by atoms with Gasteiger partial charge in [-0.3, -0.25) is 4.90 Å². The summed E-state index contributed by atoms with van der Waals surface area (Å²) in [5.74, 6) is 0. The predicted molar refractivity (Wildman–Crippen MR) is 92.3 cm³/mol. The van der Waals surface area contributed by atoms with Crippen molar-refractivity contribution in [1.82, 2.24) is 10.2 Å². The smallest absolute Gasteiger partial charge is 0.314 e. The summed E-state index contributed by atoms with van der Waals surface area (Å²) in [5.41, 5.74) is -2.42. The van der Waals surface area contributed by atoms with Crippen LogP contribution >= 0.6 is 0 Å². The third-order valence-electron chi connectivity index (χ3n) is 4.72. The fourth-order valence-corrected chi connectivity index (χ4v) is 3.35. The maximum Gasteiger partial charge on any atom is 0.416 e. The highest BCUT2D eigenvalue weighted by atomic mass is 19.4. The number of alkyl halides is 6. The van der Waals surface area contributed by atoms with E-state index in [1.54, 1.807) is 6.08 Å². The van der Waals surface area contributed by atoms with Crippen LogP contribution in [0.2, 0.25) is 0 Å². The fourth-order valence-electron chi connectivity index (χ4n) is 3.35. The largest absolute Gasteiger partial charge is 0.416 e. The van der Waals surface area contributed by atoms with Crippen LogP contribution in [-0.2, 0) is 12.4 Å². The van der Waals surface area contributed by atoms with E-state index in [9.17, 15) is 26.3 Å². The summed E-state index contributed by atoms with van der Waals surface area (Å²) >= 11 is 0. The minimum absolute atomic E-state index is 0.0812. The van der Waals surface area contributed by atoms with E-state index in [1.807, 2.05) is 4.90 Å². The van der Waals surface area contributed by atoms with Crippen LogP contribution in [0.4, 0.5) is 26.3 Å². The van der Waals surface area contributed by atoms with Crippen LogP contribution in [0.15, 0.2) is 30.9 Å². The molecular formula is C19H24F6N2. The Labute approximate surface area is 155 Å². The summed E-state index contributed by atoms with van der Waals surface area (Å²) in [5, 5.41) is 3.15. The molecule has 0 radical (unpaired) electrons. The zero-order chi connectivity index (χ0) is 20.1. The Morgan fingerprint density at radius 1 is 0.963 bits per heavy atom. The van der Waals surface area contributed by atoms with Crippen molar-refractivity contribution >= 4 is 0 Å². The van der Waals surface area contributed by atoms with Crippen LogP contribution in [0.1, 0.15) is 48.4 Å². The molecule has 0 amide bonds. The number of piperazine rings is 1. The molecule has 0 aliphatic carbocycles. The molecule has 1 aromatic carbocycles. The number of nitrogens with zero attached hydrogens (tertiary/aromatic N) is 1. The monoisotopic (exact) mass is 394 g/mol. The first kappa shape index (κ1) is 21.8. The van der Waals surface area contributed by atoms with E-state index in [0.717, 1.165) is 25.0 Å². The van der Waals surface area contributed by atoms with Gasteiger partial charge in [-0.1, -0.05) is 12.5 Å². The molecule has 1 aliphatic rings. The molecule has 1 fully saturated rings. The van der Waals surface area contributed by atoms with Crippen LogP contribution in [0.25, 0.3) is 0 Å². The number of halogens is 6. The Hall–Kier alpha value is -1.54. The number of hydrogen-bond donors (Lipinski definition) is 1. The normalized spacial score (nSPS) is 17.7. The highest BCUT2D eigenvalue weighted by Crippen LogP contribution is 2.39. The molecule has 1 saturated heterocycles. The standard InChI is InChI=1S/C19H24F6N2/c1-2-3-4-5-6-17(27-9-7-26-8-10-27)14-11-15(18(20,21)22)13-16(12-14)19(23,24)25/h2,11-13,17,26H,1,3-10H2/t17-/m0/s1. The van der Waals surface area contributed by atoms with E-state index in [4.69, 9.17) is 0 Å². The molecule has 2 rings (SSSR count).